The molecule has 0 bridgehead atoms. The molecule has 0 aromatic carbocycles. The molecule has 0 saturated carbocycles. The summed E-state index contributed by atoms with van der Waals surface area (Å²) < 4.78 is 5.21. The highest BCUT2D eigenvalue weighted by Gasteiger charge is 2.13. The number of allylic oxidation sites excluding steroid dienone is 2. The van der Waals surface area contributed by atoms with E-state index in [2.05, 4.69) is 37.2 Å². The minimum atomic E-state index is 0.497. The molecule has 14 heavy (non-hydrogen) atoms. The van der Waals surface area contributed by atoms with Gasteiger partial charge in [0.1, 0.15) is 0 Å². The molecule has 2 heteroatoms. The maximum Gasteiger partial charge on any atom is 0.166 e. The highest BCUT2D eigenvalue weighted by atomic mass is 16.5. The Labute approximate surface area is 84.3 Å². The van der Waals surface area contributed by atoms with Gasteiger partial charge in [0.15, 0.2) is 5.76 Å². The van der Waals surface area contributed by atoms with Gasteiger partial charge in [-0.05, 0) is 24.8 Å². The van der Waals surface area contributed by atoms with Crippen molar-refractivity contribution in [3.8, 4) is 0 Å². The Balaban J connectivity index is 2.38. The summed E-state index contributed by atoms with van der Waals surface area (Å²) in [4.78, 5) is 0. The lowest BCUT2D eigenvalue weighted by molar-refractivity contribution is 0.407. The second-order valence-corrected chi connectivity index (χ2v) is 4.09. The molecule has 1 aliphatic rings. The molecule has 0 saturated heterocycles. The summed E-state index contributed by atoms with van der Waals surface area (Å²) in [7, 11) is 0. The number of fused-ring (bicyclic) bond motifs is 1. The van der Waals surface area contributed by atoms with Gasteiger partial charge in [0.25, 0.3) is 0 Å². The van der Waals surface area contributed by atoms with E-state index in [4.69, 9.17) is 4.52 Å². The predicted octanol–water partition coefficient (Wildman–Crippen LogP) is 3.30. The van der Waals surface area contributed by atoms with E-state index < -0.39 is 0 Å². The van der Waals surface area contributed by atoms with Crippen LogP contribution in [0.5, 0.6) is 0 Å². The summed E-state index contributed by atoms with van der Waals surface area (Å²) in [5.41, 5.74) is 2.08. The zero-order chi connectivity index (χ0) is 10.1. The van der Waals surface area contributed by atoms with Crippen LogP contribution >= 0.6 is 0 Å². The van der Waals surface area contributed by atoms with E-state index in [1.807, 2.05) is 13.0 Å². The molecule has 0 radical (unpaired) electrons. The lowest BCUT2D eigenvalue weighted by Gasteiger charge is -2.10. The van der Waals surface area contributed by atoms with Crippen LogP contribution in [0.2, 0.25) is 0 Å². The van der Waals surface area contributed by atoms with Gasteiger partial charge in [-0.3, -0.25) is 0 Å². The molecule has 1 aliphatic carbocycles. The van der Waals surface area contributed by atoms with Gasteiger partial charge in [-0.15, -0.1) is 0 Å². The summed E-state index contributed by atoms with van der Waals surface area (Å²) in [5.74, 6) is 2.00. The molecule has 0 amide bonds. The molecule has 1 heterocycles. The molecule has 1 atom stereocenters. The van der Waals surface area contributed by atoms with Gasteiger partial charge in [-0.1, -0.05) is 37.2 Å². The van der Waals surface area contributed by atoms with Gasteiger partial charge in [-0.2, -0.15) is 0 Å². The molecule has 1 aromatic heterocycles. The monoisotopic (exact) mass is 189 g/mol. The number of rotatable bonds is 1. The van der Waals surface area contributed by atoms with Crippen molar-refractivity contribution in [1.82, 2.24) is 5.16 Å². The smallest absolute Gasteiger partial charge is 0.166 e. The Morgan fingerprint density at radius 1 is 1.29 bits per heavy atom. The number of aromatic nitrogens is 1. The van der Waals surface area contributed by atoms with Gasteiger partial charge in [-0.25, -0.2) is 0 Å². The molecular formula is C12H15NO. The summed E-state index contributed by atoms with van der Waals surface area (Å²) in [5, 5.41) is 3.93. The van der Waals surface area contributed by atoms with E-state index >= 15 is 0 Å². The molecule has 2 nitrogen and oxygen atoms in total. The first-order chi connectivity index (χ1) is 6.68. The van der Waals surface area contributed by atoms with Crippen molar-refractivity contribution in [2.45, 2.75) is 20.8 Å². The van der Waals surface area contributed by atoms with E-state index in [0.29, 0.717) is 11.8 Å². The fourth-order valence-corrected chi connectivity index (χ4v) is 1.63. The highest BCUT2D eigenvalue weighted by molar-refractivity contribution is 5.65. The lowest BCUT2D eigenvalue weighted by Crippen LogP contribution is -2.00. The van der Waals surface area contributed by atoms with Crippen molar-refractivity contribution in [2.24, 2.45) is 11.8 Å². The molecule has 0 spiro atoms. The fraction of sp³-hybridized carbons (Fsp3) is 0.417. The standard InChI is InChI=1S/C12H15NO/c1-8(2)10-4-6-11-9(3)13-14-12(11)7-5-10/h4-8,10H,1-3H3. The van der Waals surface area contributed by atoms with Crippen LogP contribution in [0, 0.1) is 18.8 Å². The van der Waals surface area contributed by atoms with E-state index in [1.54, 1.807) is 0 Å². The normalized spacial score (nSPS) is 19.9. The number of nitrogens with zero attached hydrogens (tertiary/aromatic N) is 1. The van der Waals surface area contributed by atoms with Gasteiger partial charge in [0.2, 0.25) is 0 Å². The Morgan fingerprint density at radius 3 is 2.71 bits per heavy atom. The Kier molecular flexibility index (Phi) is 2.28. The maximum atomic E-state index is 5.21. The van der Waals surface area contributed by atoms with Crippen molar-refractivity contribution in [1.29, 1.82) is 0 Å². The minimum absolute atomic E-state index is 0.497. The van der Waals surface area contributed by atoms with Gasteiger partial charge >= 0.3 is 0 Å². The quantitative estimate of drug-likeness (QED) is 0.677. The molecule has 0 aliphatic heterocycles. The van der Waals surface area contributed by atoms with Crippen LogP contribution < -0.4 is 0 Å². The second kappa shape index (κ2) is 3.45. The summed E-state index contributed by atoms with van der Waals surface area (Å²) >= 11 is 0. The topological polar surface area (TPSA) is 26.0 Å². The minimum Gasteiger partial charge on any atom is -0.356 e. The molecule has 1 aromatic rings. The fourth-order valence-electron chi connectivity index (χ4n) is 1.63. The Morgan fingerprint density at radius 2 is 2.00 bits per heavy atom. The Bertz CT molecular complexity index is 385. The molecule has 0 fully saturated rings. The van der Waals surface area contributed by atoms with Crippen LogP contribution in [-0.4, -0.2) is 5.16 Å². The van der Waals surface area contributed by atoms with E-state index in [-0.39, 0.29) is 0 Å². The van der Waals surface area contributed by atoms with Crippen molar-refractivity contribution >= 4 is 12.2 Å². The first-order valence-corrected chi connectivity index (χ1v) is 5.01. The molecular weight excluding hydrogens is 174 g/mol. The third-order valence-electron chi connectivity index (χ3n) is 2.66. The van der Waals surface area contributed by atoms with E-state index in [9.17, 15) is 0 Å². The van der Waals surface area contributed by atoms with Crippen LogP contribution in [0.15, 0.2) is 16.7 Å². The number of hydrogen-bond donors (Lipinski definition) is 0. The maximum absolute atomic E-state index is 5.21. The highest BCUT2D eigenvalue weighted by Crippen LogP contribution is 2.25. The first kappa shape index (κ1) is 9.25. The SMILES string of the molecule is Cc1noc2c1C=CC(C(C)C)C=C2. The largest absolute Gasteiger partial charge is 0.356 e. The van der Waals surface area contributed by atoms with Crippen molar-refractivity contribution < 1.29 is 4.52 Å². The second-order valence-electron chi connectivity index (χ2n) is 4.09. The van der Waals surface area contributed by atoms with Crippen molar-refractivity contribution in [2.75, 3.05) is 0 Å². The Hall–Kier alpha value is -1.31. The van der Waals surface area contributed by atoms with Crippen LogP contribution in [0.1, 0.15) is 30.9 Å². The molecule has 2 rings (SSSR count). The predicted molar refractivity (Wildman–Crippen MR) is 57.6 cm³/mol. The zero-order valence-electron chi connectivity index (χ0n) is 8.82. The van der Waals surface area contributed by atoms with Crippen LogP contribution in [0.25, 0.3) is 12.2 Å². The summed E-state index contributed by atoms with van der Waals surface area (Å²) in [6, 6.07) is 0. The van der Waals surface area contributed by atoms with Crippen LogP contribution in [0.4, 0.5) is 0 Å². The van der Waals surface area contributed by atoms with Crippen molar-refractivity contribution in [3.05, 3.63) is 29.2 Å². The third kappa shape index (κ3) is 1.52. The van der Waals surface area contributed by atoms with Crippen LogP contribution in [-0.2, 0) is 0 Å². The zero-order valence-corrected chi connectivity index (χ0v) is 8.82. The average Bonchev–Trinajstić information content (AvgIpc) is 2.38. The van der Waals surface area contributed by atoms with E-state index in [1.165, 1.54) is 0 Å². The lowest BCUT2D eigenvalue weighted by atomic mass is 9.95. The third-order valence-corrected chi connectivity index (χ3v) is 2.66. The first-order valence-electron chi connectivity index (χ1n) is 5.01. The van der Waals surface area contributed by atoms with Gasteiger partial charge < -0.3 is 4.52 Å². The average molecular weight is 189 g/mol. The van der Waals surface area contributed by atoms with Gasteiger partial charge in [0, 0.05) is 5.56 Å². The number of hydrogen-bond acceptors (Lipinski definition) is 2. The molecule has 1 unspecified atom stereocenters. The molecule has 74 valence electrons. The van der Waals surface area contributed by atoms with E-state index in [0.717, 1.165) is 17.0 Å². The van der Waals surface area contributed by atoms with Gasteiger partial charge in [0.05, 0.1) is 5.69 Å². The summed E-state index contributed by atoms with van der Waals surface area (Å²) in [6.45, 7) is 6.41. The van der Waals surface area contributed by atoms with Crippen molar-refractivity contribution in [3.63, 3.8) is 0 Å². The molecule has 0 N–H and O–H groups in total. The summed E-state index contributed by atoms with van der Waals surface area (Å²) in [6.07, 6.45) is 8.54. The number of aryl methyl sites for hydroxylation is 1. The van der Waals surface area contributed by atoms with Crippen LogP contribution in [0.3, 0.4) is 0 Å².